The molecular formula is C22H21F6NO3. The molecule has 2 aromatic rings. The summed E-state index contributed by atoms with van der Waals surface area (Å²) in [4.78, 5) is 13.0. The summed E-state index contributed by atoms with van der Waals surface area (Å²) in [5, 5.41) is 9.13. The second-order valence-corrected chi connectivity index (χ2v) is 7.75. The molecule has 1 aliphatic heterocycles. The molecule has 10 heteroatoms. The van der Waals surface area contributed by atoms with Crippen molar-refractivity contribution >= 4 is 5.97 Å². The Morgan fingerprint density at radius 3 is 2.28 bits per heavy atom. The molecule has 0 aliphatic carbocycles. The fourth-order valence-corrected chi connectivity index (χ4v) is 4.03. The van der Waals surface area contributed by atoms with Gasteiger partial charge >= 0.3 is 18.5 Å². The zero-order valence-corrected chi connectivity index (χ0v) is 16.8. The van der Waals surface area contributed by atoms with E-state index in [1.165, 1.54) is 30.3 Å². The Morgan fingerprint density at radius 1 is 1.03 bits per heavy atom. The molecule has 1 heterocycles. The molecule has 32 heavy (non-hydrogen) atoms. The molecule has 3 rings (SSSR count). The minimum absolute atomic E-state index is 0.0672. The number of aliphatic carboxylic acids is 1. The first-order chi connectivity index (χ1) is 14.9. The maximum absolute atomic E-state index is 12.9. The van der Waals surface area contributed by atoms with E-state index in [0.29, 0.717) is 24.9 Å². The molecule has 2 aromatic carbocycles. The Balaban J connectivity index is 1.88. The van der Waals surface area contributed by atoms with Crippen LogP contribution in [0.25, 0.3) is 0 Å². The third-order valence-electron chi connectivity index (χ3n) is 5.48. The zero-order chi connectivity index (χ0) is 23.5. The molecule has 0 aromatic heterocycles. The number of carbonyl (C=O) groups is 1. The number of carboxylic acids is 1. The summed E-state index contributed by atoms with van der Waals surface area (Å²) < 4.78 is 81.2. The number of hydrogen-bond acceptors (Lipinski definition) is 3. The van der Waals surface area contributed by atoms with Crippen molar-refractivity contribution in [3.05, 3.63) is 65.2 Å². The van der Waals surface area contributed by atoms with Crippen LogP contribution in [0.1, 0.15) is 42.0 Å². The number of nitrogens with zero attached hydrogens (tertiary/aromatic N) is 1. The van der Waals surface area contributed by atoms with Crippen molar-refractivity contribution in [3.63, 3.8) is 0 Å². The number of halogens is 6. The van der Waals surface area contributed by atoms with Gasteiger partial charge in [0.05, 0.1) is 5.56 Å². The summed E-state index contributed by atoms with van der Waals surface area (Å²) in [6.45, 7) is 0.446. The lowest BCUT2D eigenvalue weighted by molar-refractivity contribution is -0.275. The van der Waals surface area contributed by atoms with Crippen LogP contribution in [0.3, 0.4) is 0 Å². The number of benzene rings is 2. The number of rotatable bonds is 6. The smallest absolute Gasteiger partial charge is 0.481 e. The van der Waals surface area contributed by atoms with Gasteiger partial charge in [0, 0.05) is 24.6 Å². The van der Waals surface area contributed by atoms with Crippen LogP contribution in [0.2, 0.25) is 0 Å². The van der Waals surface area contributed by atoms with Gasteiger partial charge in [0.2, 0.25) is 0 Å². The molecule has 0 bridgehead atoms. The van der Waals surface area contributed by atoms with Crippen molar-refractivity contribution in [3.8, 4) is 5.75 Å². The van der Waals surface area contributed by atoms with Gasteiger partial charge in [0.25, 0.3) is 0 Å². The Labute approximate surface area is 180 Å². The van der Waals surface area contributed by atoms with E-state index in [1.54, 1.807) is 6.07 Å². The molecular weight excluding hydrogens is 440 g/mol. The molecule has 174 valence electrons. The van der Waals surface area contributed by atoms with Gasteiger partial charge < -0.3 is 9.84 Å². The summed E-state index contributed by atoms with van der Waals surface area (Å²) in [5.74, 6) is -1.52. The quantitative estimate of drug-likeness (QED) is 0.534. The van der Waals surface area contributed by atoms with E-state index in [4.69, 9.17) is 5.11 Å². The Kier molecular flexibility index (Phi) is 7.02. The highest BCUT2D eigenvalue weighted by molar-refractivity contribution is 5.67. The van der Waals surface area contributed by atoms with E-state index in [1.807, 2.05) is 4.90 Å². The van der Waals surface area contributed by atoms with Gasteiger partial charge in [-0.3, -0.25) is 9.69 Å². The second kappa shape index (κ2) is 9.40. The van der Waals surface area contributed by atoms with Crippen molar-refractivity contribution in [1.82, 2.24) is 4.90 Å². The number of hydrogen-bond donors (Lipinski definition) is 1. The first-order valence-corrected chi connectivity index (χ1v) is 9.89. The standard InChI is InChI=1S/C22H21F6NO3/c23-21(24,25)17-7-5-15(6-8-17)18-11-14(12-20(30)31)9-10-29(18)13-16-3-1-2-4-19(16)32-22(26,27)28/h1-8,14,18H,9-13H2,(H,30,31)/t14-,18+/m0/s1. The topological polar surface area (TPSA) is 49.8 Å². The Morgan fingerprint density at radius 2 is 1.69 bits per heavy atom. The van der Waals surface area contributed by atoms with Crippen LogP contribution in [-0.4, -0.2) is 28.9 Å². The van der Waals surface area contributed by atoms with Crippen molar-refractivity contribution < 1.29 is 41.0 Å². The lowest BCUT2D eigenvalue weighted by Gasteiger charge is -2.40. The molecule has 0 radical (unpaired) electrons. The van der Waals surface area contributed by atoms with E-state index in [-0.39, 0.29) is 30.2 Å². The van der Waals surface area contributed by atoms with Crippen LogP contribution in [0.4, 0.5) is 26.3 Å². The predicted octanol–water partition coefficient (Wildman–Crippen LogP) is 6.03. The number of carboxylic acid groups (broad SMARTS) is 1. The SMILES string of the molecule is O=C(O)C[C@H]1CCN(Cc2ccccc2OC(F)(F)F)[C@@H](c2ccc(C(F)(F)F)cc2)C1. The van der Waals surface area contributed by atoms with Gasteiger partial charge in [-0.25, -0.2) is 0 Å². The minimum atomic E-state index is -4.86. The minimum Gasteiger partial charge on any atom is -0.481 e. The number of para-hydroxylation sites is 1. The third kappa shape index (κ3) is 6.38. The van der Waals surface area contributed by atoms with Crippen molar-refractivity contribution in [2.45, 2.75) is 44.4 Å². The summed E-state index contributed by atoms with van der Waals surface area (Å²) in [5.41, 5.74) is 0.00958. The fourth-order valence-electron chi connectivity index (χ4n) is 4.03. The monoisotopic (exact) mass is 461 g/mol. The first kappa shape index (κ1) is 23.9. The second-order valence-electron chi connectivity index (χ2n) is 7.75. The molecule has 0 unspecified atom stereocenters. The van der Waals surface area contributed by atoms with Gasteiger partial charge in [-0.05, 0) is 49.1 Å². The summed E-state index contributed by atoms with van der Waals surface area (Å²) in [7, 11) is 0. The highest BCUT2D eigenvalue weighted by Crippen LogP contribution is 2.39. The lowest BCUT2D eigenvalue weighted by atomic mass is 9.84. The molecule has 0 spiro atoms. The maximum atomic E-state index is 12.9. The van der Waals surface area contributed by atoms with Crippen molar-refractivity contribution in [2.24, 2.45) is 5.92 Å². The van der Waals surface area contributed by atoms with E-state index in [2.05, 4.69) is 4.74 Å². The van der Waals surface area contributed by atoms with Gasteiger partial charge in [0.1, 0.15) is 5.75 Å². The van der Waals surface area contributed by atoms with Gasteiger partial charge in [-0.1, -0.05) is 30.3 Å². The lowest BCUT2D eigenvalue weighted by Crippen LogP contribution is -2.37. The normalized spacial score (nSPS) is 20.2. The molecule has 1 fully saturated rings. The summed E-state index contributed by atoms with van der Waals surface area (Å²) in [6.07, 6.45) is -8.58. The number of likely N-dealkylation sites (tertiary alicyclic amines) is 1. The van der Waals surface area contributed by atoms with E-state index in [0.717, 1.165) is 12.1 Å². The highest BCUT2D eigenvalue weighted by Gasteiger charge is 2.35. The number of alkyl halides is 6. The molecule has 1 aliphatic rings. The third-order valence-corrected chi connectivity index (χ3v) is 5.48. The largest absolute Gasteiger partial charge is 0.573 e. The predicted molar refractivity (Wildman–Crippen MR) is 103 cm³/mol. The molecule has 4 nitrogen and oxygen atoms in total. The number of piperidine rings is 1. The molecule has 2 atom stereocenters. The summed E-state index contributed by atoms with van der Waals surface area (Å²) >= 11 is 0. The molecule has 1 saturated heterocycles. The van der Waals surface area contributed by atoms with Gasteiger partial charge in [-0.15, -0.1) is 13.2 Å². The van der Waals surface area contributed by atoms with E-state index in [9.17, 15) is 31.1 Å². The van der Waals surface area contributed by atoms with Crippen molar-refractivity contribution in [2.75, 3.05) is 6.54 Å². The average molecular weight is 461 g/mol. The van der Waals surface area contributed by atoms with E-state index < -0.39 is 30.1 Å². The van der Waals surface area contributed by atoms with Gasteiger partial charge in [-0.2, -0.15) is 13.2 Å². The Hall–Kier alpha value is -2.75. The van der Waals surface area contributed by atoms with Crippen LogP contribution in [0.5, 0.6) is 5.75 Å². The van der Waals surface area contributed by atoms with Crippen molar-refractivity contribution in [1.29, 1.82) is 0 Å². The fraction of sp³-hybridized carbons (Fsp3) is 0.409. The molecule has 0 amide bonds. The highest BCUT2D eigenvalue weighted by atomic mass is 19.4. The van der Waals surface area contributed by atoms with Crippen LogP contribution in [0, 0.1) is 5.92 Å². The van der Waals surface area contributed by atoms with Crippen LogP contribution < -0.4 is 4.74 Å². The number of ether oxygens (including phenoxy) is 1. The van der Waals surface area contributed by atoms with Crippen LogP contribution >= 0.6 is 0 Å². The Bertz CT molecular complexity index is 926. The molecule has 0 saturated carbocycles. The first-order valence-electron chi connectivity index (χ1n) is 9.89. The van der Waals surface area contributed by atoms with Crippen LogP contribution in [0.15, 0.2) is 48.5 Å². The van der Waals surface area contributed by atoms with E-state index >= 15 is 0 Å². The zero-order valence-electron chi connectivity index (χ0n) is 16.8. The maximum Gasteiger partial charge on any atom is 0.573 e. The van der Waals surface area contributed by atoms with Gasteiger partial charge in [0.15, 0.2) is 0 Å². The molecule has 1 N–H and O–H groups in total. The van der Waals surface area contributed by atoms with Crippen LogP contribution in [-0.2, 0) is 17.5 Å². The average Bonchev–Trinajstić information content (AvgIpc) is 2.68. The summed E-state index contributed by atoms with van der Waals surface area (Å²) in [6, 6.07) is 9.81.